The number of carbonyl (C=O) groups excluding carboxylic acids is 1. The predicted octanol–water partition coefficient (Wildman–Crippen LogP) is 2.17. The van der Waals surface area contributed by atoms with Crippen molar-refractivity contribution in [1.29, 1.82) is 0 Å². The molecule has 0 aliphatic rings. The lowest BCUT2D eigenvalue weighted by Crippen LogP contribution is -2.32. The minimum absolute atomic E-state index is 0.106. The molecule has 0 amide bonds. The third kappa shape index (κ3) is 4.59. The summed E-state index contributed by atoms with van der Waals surface area (Å²) >= 11 is 0. The van der Waals surface area contributed by atoms with Crippen LogP contribution in [-0.4, -0.2) is 25.5 Å². The van der Waals surface area contributed by atoms with Crippen LogP contribution in [0.15, 0.2) is 18.2 Å². The summed E-state index contributed by atoms with van der Waals surface area (Å²) in [4.78, 5) is 11.9. The van der Waals surface area contributed by atoms with Crippen LogP contribution in [-0.2, 0) is 16.0 Å². The molecule has 1 atom stereocenters. The van der Waals surface area contributed by atoms with Gasteiger partial charge in [-0.25, -0.2) is 0 Å². The largest absolute Gasteiger partial charge is 0.385 e. The Morgan fingerprint density at radius 2 is 2.06 bits per heavy atom. The fraction of sp³-hybridized carbons (Fsp3) is 0.533. The summed E-state index contributed by atoms with van der Waals surface area (Å²) in [6, 6.07) is 5.74. The molecule has 1 aromatic rings. The zero-order valence-electron chi connectivity index (χ0n) is 11.5. The van der Waals surface area contributed by atoms with E-state index in [4.69, 9.17) is 10.5 Å². The molecule has 3 nitrogen and oxygen atoms in total. The van der Waals surface area contributed by atoms with E-state index in [1.807, 2.05) is 12.1 Å². The fourth-order valence-corrected chi connectivity index (χ4v) is 1.85. The van der Waals surface area contributed by atoms with E-state index in [1.54, 1.807) is 7.11 Å². The summed E-state index contributed by atoms with van der Waals surface area (Å²) in [5.74, 6) is 0.106. The molecule has 0 bridgehead atoms. The van der Waals surface area contributed by atoms with Crippen molar-refractivity contribution in [3.63, 3.8) is 0 Å². The molecule has 0 fully saturated rings. The summed E-state index contributed by atoms with van der Waals surface area (Å²) in [6.45, 7) is 4.78. The van der Waals surface area contributed by atoms with Gasteiger partial charge in [-0.2, -0.15) is 0 Å². The number of hydrogen-bond donors (Lipinski definition) is 1. The van der Waals surface area contributed by atoms with Crippen LogP contribution in [0.25, 0.3) is 0 Å². The second kappa shape index (κ2) is 7.29. The molecule has 0 spiro atoms. The quantitative estimate of drug-likeness (QED) is 0.753. The highest BCUT2D eigenvalue weighted by atomic mass is 16.5. The smallest absolute Gasteiger partial charge is 0.153 e. The lowest BCUT2D eigenvalue weighted by Gasteiger charge is -2.11. The number of Topliss-reactive ketones (excluding diaryl/α,β-unsaturated/α-hetero) is 1. The number of aryl methyl sites for hydroxylation is 2. The van der Waals surface area contributed by atoms with Crippen LogP contribution in [0.5, 0.6) is 0 Å². The fourth-order valence-electron chi connectivity index (χ4n) is 1.85. The van der Waals surface area contributed by atoms with E-state index >= 15 is 0 Å². The Morgan fingerprint density at radius 1 is 1.33 bits per heavy atom. The van der Waals surface area contributed by atoms with Crippen LogP contribution in [0.4, 0.5) is 0 Å². The van der Waals surface area contributed by atoms with Crippen LogP contribution in [0.3, 0.4) is 0 Å². The first-order valence-corrected chi connectivity index (χ1v) is 6.38. The highest BCUT2D eigenvalue weighted by Crippen LogP contribution is 2.11. The van der Waals surface area contributed by atoms with Crippen molar-refractivity contribution in [2.75, 3.05) is 13.7 Å². The molecule has 0 saturated carbocycles. The molecule has 0 heterocycles. The van der Waals surface area contributed by atoms with Crippen molar-refractivity contribution in [3.05, 3.63) is 34.9 Å². The Labute approximate surface area is 109 Å². The van der Waals surface area contributed by atoms with Crippen molar-refractivity contribution in [3.8, 4) is 0 Å². The molecule has 1 unspecified atom stereocenters. The lowest BCUT2D eigenvalue weighted by atomic mass is 9.98. The molecule has 2 N–H and O–H groups in total. The molecule has 0 aliphatic carbocycles. The van der Waals surface area contributed by atoms with E-state index in [-0.39, 0.29) is 11.8 Å². The van der Waals surface area contributed by atoms with Crippen LogP contribution in [0.2, 0.25) is 0 Å². The Hall–Kier alpha value is -1.19. The average Bonchev–Trinajstić information content (AvgIpc) is 2.34. The molecule has 18 heavy (non-hydrogen) atoms. The maximum atomic E-state index is 11.9. The van der Waals surface area contributed by atoms with E-state index in [9.17, 15) is 4.79 Å². The van der Waals surface area contributed by atoms with Gasteiger partial charge in [-0.3, -0.25) is 4.79 Å². The molecule has 100 valence electrons. The van der Waals surface area contributed by atoms with Gasteiger partial charge < -0.3 is 10.5 Å². The molecule has 1 rings (SSSR count). The van der Waals surface area contributed by atoms with Gasteiger partial charge >= 0.3 is 0 Å². The predicted molar refractivity (Wildman–Crippen MR) is 73.7 cm³/mol. The second-order valence-corrected chi connectivity index (χ2v) is 4.80. The van der Waals surface area contributed by atoms with E-state index in [2.05, 4.69) is 19.9 Å². The number of ketones is 1. The minimum atomic E-state index is -0.373. The SMILES string of the molecule is COCCCC(N)C(=O)Cc1ccc(C)c(C)c1. The normalized spacial score (nSPS) is 12.4. The first-order valence-electron chi connectivity index (χ1n) is 6.38. The first-order chi connectivity index (χ1) is 8.54. The number of ether oxygens (including phenoxy) is 1. The van der Waals surface area contributed by atoms with Crippen molar-refractivity contribution < 1.29 is 9.53 Å². The summed E-state index contributed by atoms with van der Waals surface area (Å²) in [5.41, 5.74) is 9.38. The monoisotopic (exact) mass is 249 g/mol. The van der Waals surface area contributed by atoms with Crippen molar-refractivity contribution in [2.45, 2.75) is 39.2 Å². The standard InChI is InChI=1S/C15H23NO2/c1-11-6-7-13(9-12(11)2)10-15(17)14(16)5-4-8-18-3/h6-7,9,14H,4-5,8,10,16H2,1-3H3. The van der Waals surface area contributed by atoms with Gasteiger partial charge in [0.05, 0.1) is 6.04 Å². The average molecular weight is 249 g/mol. The Balaban J connectivity index is 2.50. The van der Waals surface area contributed by atoms with Gasteiger partial charge in [0.15, 0.2) is 5.78 Å². The number of carbonyl (C=O) groups is 1. The number of rotatable bonds is 7. The Kier molecular flexibility index (Phi) is 6.02. The van der Waals surface area contributed by atoms with Gasteiger partial charge in [0.2, 0.25) is 0 Å². The summed E-state index contributed by atoms with van der Waals surface area (Å²) in [6.07, 6.45) is 1.95. The zero-order valence-corrected chi connectivity index (χ0v) is 11.5. The van der Waals surface area contributed by atoms with Gasteiger partial charge in [0.1, 0.15) is 0 Å². The van der Waals surface area contributed by atoms with Crippen LogP contribution >= 0.6 is 0 Å². The van der Waals surface area contributed by atoms with Crippen molar-refractivity contribution >= 4 is 5.78 Å². The van der Waals surface area contributed by atoms with E-state index in [1.165, 1.54) is 11.1 Å². The summed E-state index contributed by atoms with van der Waals surface area (Å²) in [7, 11) is 1.66. The molecule has 0 aromatic heterocycles. The topological polar surface area (TPSA) is 52.3 Å². The second-order valence-electron chi connectivity index (χ2n) is 4.80. The van der Waals surface area contributed by atoms with Crippen LogP contribution in [0, 0.1) is 13.8 Å². The highest BCUT2D eigenvalue weighted by molar-refractivity contribution is 5.85. The summed E-state index contributed by atoms with van der Waals surface area (Å²) < 4.78 is 4.95. The molecular weight excluding hydrogens is 226 g/mol. The third-order valence-corrected chi connectivity index (χ3v) is 3.23. The Morgan fingerprint density at radius 3 is 2.67 bits per heavy atom. The van der Waals surface area contributed by atoms with Gasteiger partial charge in [-0.1, -0.05) is 18.2 Å². The van der Waals surface area contributed by atoms with E-state index in [0.29, 0.717) is 19.4 Å². The van der Waals surface area contributed by atoms with E-state index in [0.717, 1.165) is 12.0 Å². The molecule has 3 heteroatoms. The van der Waals surface area contributed by atoms with Crippen molar-refractivity contribution in [1.82, 2.24) is 0 Å². The third-order valence-electron chi connectivity index (χ3n) is 3.23. The maximum absolute atomic E-state index is 11.9. The number of benzene rings is 1. The highest BCUT2D eigenvalue weighted by Gasteiger charge is 2.13. The Bertz CT molecular complexity index is 401. The van der Waals surface area contributed by atoms with Crippen LogP contribution in [0.1, 0.15) is 29.5 Å². The first kappa shape index (κ1) is 14.9. The molecular formula is C15H23NO2. The van der Waals surface area contributed by atoms with Gasteiger partial charge in [-0.05, 0) is 43.4 Å². The van der Waals surface area contributed by atoms with Crippen LogP contribution < -0.4 is 5.73 Å². The minimum Gasteiger partial charge on any atom is -0.385 e. The zero-order chi connectivity index (χ0) is 13.5. The summed E-state index contributed by atoms with van der Waals surface area (Å²) in [5, 5.41) is 0. The van der Waals surface area contributed by atoms with Gasteiger partial charge in [0, 0.05) is 20.1 Å². The lowest BCUT2D eigenvalue weighted by molar-refractivity contribution is -0.119. The van der Waals surface area contributed by atoms with E-state index < -0.39 is 0 Å². The molecule has 0 aliphatic heterocycles. The maximum Gasteiger partial charge on any atom is 0.153 e. The molecule has 0 saturated heterocycles. The van der Waals surface area contributed by atoms with Gasteiger partial charge in [0.25, 0.3) is 0 Å². The number of hydrogen-bond acceptors (Lipinski definition) is 3. The number of nitrogens with two attached hydrogens (primary N) is 1. The number of methoxy groups -OCH3 is 1. The van der Waals surface area contributed by atoms with Gasteiger partial charge in [-0.15, -0.1) is 0 Å². The van der Waals surface area contributed by atoms with Crippen molar-refractivity contribution in [2.24, 2.45) is 5.73 Å². The molecule has 0 radical (unpaired) electrons. The molecule has 1 aromatic carbocycles.